The van der Waals surface area contributed by atoms with Crippen LogP contribution in [0.2, 0.25) is 5.02 Å². The molecule has 5 nitrogen and oxygen atoms in total. The van der Waals surface area contributed by atoms with E-state index in [-0.39, 0.29) is 12.5 Å². The molecule has 3 rings (SSSR count). The molecule has 0 saturated heterocycles. The van der Waals surface area contributed by atoms with Crippen molar-refractivity contribution in [3.05, 3.63) is 52.7 Å². The Hall–Kier alpha value is -2.53. The van der Waals surface area contributed by atoms with Crippen molar-refractivity contribution in [2.75, 3.05) is 7.11 Å². The molecule has 2 aromatic heterocycles. The van der Waals surface area contributed by atoms with Gasteiger partial charge in [0, 0.05) is 5.69 Å². The van der Waals surface area contributed by atoms with Gasteiger partial charge in [-0.25, -0.2) is 0 Å². The van der Waals surface area contributed by atoms with E-state index in [2.05, 4.69) is 29.1 Å². The minimum absolute atomic E-state index is 0.0121. The summed E-state index contributed by atoms with van der Waals surface area (Å²) < 4.78 is 6.29. The summed E-state index contributed by atoms with van der Waals surface area (Å²) in [6.07, 6.45) is 0. The lowest BCUT2D eigenvalue weighted by Gasteiger charge is -2.06. The van der Waals surface area contributed by atoms with Crippen LogP contribution in [0.25, 0.3) is 22.6 Å². The van der Waals surface area contributed by atoms with Crippen LogP contribution < -0.4 is 0 Å². The zero-order chi connectivity index (χ0) is 17.3. The van der Waals surface area contributed by atoms with Crippen molar-refractivity contribution in [3.8, 4) is 22.6 Å². The Kier molecular flexibility index (Phi) is 4.44. The molecule has 0 amide bonds. The topological polar surface area (TPSA) is 59.9 Å². The zero-order valence-electron chi connectivity index (χ0n) is 13.8. The van der Waals surface area contributed by atoms with Crippen LogP contribution in [0.4, 0.5) is 0 Å². The molecule has 124 valence electrons. The van der Waals surface area contributed by atoms with E-state index in [9.17, 15) is 4.79 Å². The van der Waals surface area contributed by atoms with Crippen LogP contribution in [0.15, 0.2) is 36.4 Å². The molecule has 0 fully saturated rings. The largest absolute Gasteiger partial charge is 0.468 e. The average molecular weight is 344 g/mol. The highest BCUT2D eigenvalue weighted by Crippen LogP contribution is 2.32. The molecule has 1 aromatic carbocycles. The van der Waals surface area contributed by atoms with Crippen LogP contribution in [0.3, 0.4) is 0 Å². The van der Waals surface area contributed by atoms with Gasteiger partial charge in [0.15, 0.2) is 0 Å². The van der Waals surface area contributed by atoms with Gasteiger partial charge in [0.05, 0.1) is 23.5 Å². The highest BCUT2D eigenvalue weighted by Gasteiger charge is 2.19. The lowest BCUT2D eigenvalue weighted by atomic mass is 10.1. The number of ether oxygens (including phenoxy) is 1. The molecule has 1 N–H and O–H groups in total. The molecule has 24 heavy (non-hydrogen) atoms. The molecule has 0 unspecified atom stereocenters. The first-order valence-electron chi connectivity index (χ1n) is 7.55. The average Bonchev–Trinajstić information content (AvgIpc) is 3.13. The van der Waals surface area contributed by atoms with Crippen molar-refractivity contribution in [1.82, 2.24) is 14.8 Å². The summed E-state index contributed by atoms with van der Waals surface area (Å²) in [5.74, 6) is -0.374. The predicted octanol–water partition coefficient (Wildman–Crippen LogP) is 3.99. The van der Waals surface area contributed by atoms with Crippen LogP contribution in [0.1, 0.15) is 11.3 Å². The molecular weight excluding hydrogens is 326 g/mol. The van der Waals surface area contributed by atoms with E-state index in [1.165, 1.54) is 12.7 Å². The summed E-state index contributed by atoms with van der Waals surface area (Å²) in [5.41, 5.74) is 5.41. The number of hydrogen-bond donors (Lipinski definition) is 1. The first-order chi connectivity index (χ1) is 11.5. The number of rotatable bonds is 4. The fourth-order valence-corrected chi connectivity index (χ4v) is 2.87. The maximum Gasteiger partial charge on any atom is 0.327 e. The van der Waals surface area contributed by atoms with E-state index >= 15 is 0 Å². The second kappa shape index (κ2) is 6.53. The lowest BCUT2D eigenvalue weighted by Crippen LogP contribution is -2.13. The molecule has 0 bridgehead atoms. The maximum atomic E-state index is 11.6. The number of halogens is 1. The van der Waals surface area contributed by atoms with Crippen LogP contribution in [0.5, 0.6) is 0 Å². The predicted molar refractivity (Wildman–Crippen MR) is 93.9 cm³/mol. The number of nitrogens with one attached hydrogen (secondary N) is 1. The molecule has 0 atom stereocenters. The molecule has 0 aliphatic rings. The lowest BCUT2D eigenvalue weighted by molar-refractivity contribution is -0.141. The van der Waals surface area contributed by atoms with Crippen LogP contribution in [-0.2, 0) is 16.1 Å². The molecule has 0 radical (unpaired) electrons. The molecular formula is C18H18ClN3O2. The van der Waals surface area contributed by atoms with E-state index < -0.39 is 0 Å². The van der Waals surface area contributed by atoms with E-state index in [4.69, 9.17) is 16.3 Å². The number of methoxy groups -OCH3 is 1. The van der Waals surface area contributed by atoms with Crippen LogP contribution >= 0.6 is 11.6 Å². The zero-order valence-corrected chi connectivity index (χ0v) is 14.5. The maximum absolute atomic E-state index is 11.6. The number of aromatic nitrogens is 3. The summed E-state index contributed by atoms with van der Waals surface area (Å²) in [6.45, 7) is 3.88. The third-order valence-corrected chi connectivity index (χ3v) is 4.28. The molecule has 3 aromatic rings. The van der Waals surface area contributed by atoms with Gasteiger partial charge >= 0.3 is 5.97 Å². The van der Waals surface area contributed by atoms with Crippen LogP contribution in [-0.4, -0.2) is 27.8 Å². The summed E-state index contributed by atoms with van der Waals surface area (Å²) in [4.78, 5) is 15.0. The Bertz CT molecular complexity index is 896. The summed E-state index contributed by atoms with van der Waals surface area (Å²) in [7, 11) is 1.35. The van der Waals surface area contributed by atoms with Gasteiger partial charge in [0.2, 0.25) is 0 Å². The SMILES string of the molecule is COC(=O)Cn1nc(C)c(Cl)c1-c1ccc(-c2cccc(C)c2)[nH]1. The molecule has 0 aliphatic carbocycles. The van der Waals surface area contributed by atoms with Crippen molar-refractivity contribution in [2.45, 2.75) is 20.4 Å². The van der Waals surface area contributed by atoms with Gasteiger partial charge in [-0.3, -0.25) is 9.48 Å². The Morgan fingerprint density at radius 1 is 1.25 bits per heavy atom. The van der Waals surface area contributed by atoms with Gasteiger partial charge in [0.25, 0.3) is 0 Å². The molecule has 6 heteroatoms. The summed E-state index contributed by atoms with van der Waals surface area (Å²) in [6, 6.07) is 12.2. The van der Waals surface area contributed by atoms with Gasteiger partial charge in [-0.2, -0.15) is 5.10 Å². The van der Waals surface area contributed by atoms with Crippen LogP contribution in [0, 0.1) is 13.8 Å². The number of carbonyl (C=O) groups is 1. The first-order valence-corrected chi connectivity index (χ1v) is 7.93. The number of esters is 1. The number of benzene rings is 1. The van der Waals surface area contributed by atoms with Crippen molar-refractivity contribution in [3.63, 3.8) is 0 Å². The van der Waals surface area contributed by atoms with Crippen molar-refractivity contribution in [2.24, 2.45) is 0 Å². The number of hydrogen-bond acceptors (Lipinski definition) is 3. The molecule has 0 spiro atoms. The quantitative estimate of drug-likeness (QED) is 0.729. The van der Waals surface area contributed by atoms with Crippen molar-refractivity contribution < 1.29 is 9.53 Å². The Labute approximate surface area is 145 Å². The fraction of sp³-hybridized carbons (Fsp3) is 0.222. The van der Waals surface area contributed by atoms with Crippen molar-refractivity contribution in [1.29, 1.82) is 0 Å². The second-order valence-electron chi connectivity index (χ2n) is 5.64. The number of H-pyrrole nitrogens is 1. The molecule has 0 saturated carbocycles. The van der Waals surface area contributed by atoms with E-state index in [0.29, 0.717) is 16.4 Å². The highest BCUT2D eigenvalue weighted by molar-refractivity contribution is 6.33. The normalized spacial score (nSPS) is 10.8. The van der Waals surface area contributed by atoms with Crippen molar-refractivity contribution >= 4 is 17.6 Å². The number of carbonyl (C=O) groups excluding carboxylic acids is 1. The highest BCUT2D eigenvalue weighted by atomic mass is 35.5. The first kappa shape index (κ1) is 16.3. The van der Waals surface area contributed by atoms with Gasteiger partial charge in [-0.05, 0) is 37.6 Å². The number of aryl methyl sites for hydroxylation is 2. The van der Waals surface area contributed by atoms with E-state index in [1.807, 2.05) is 31.2 Å². The number of nitrogens with zero attached hydrogens (tertiary/aromatic N) is 2. The minimum atomic E-state index is -0.374. The number of aromatic amines is 1. The van der Waals surface area contributed by atoms with Gasteiger partial charge in [0.1, 0.15) is 12.2 Å². The monoisotopic (exact) mass is 343 g/mol. The minimum Gasteiger partial charge on any atom is -0.468 e. The third kappa shape index (κ3) is 3.08. The standard InChI is InChI=1S/C18H18ClN3O2/c1-11-5-4-6-13(9-11)14-7-8-15(20-14)18-17(19)12(2)21-22(18)10-16(23)24-3/h4-9,20H,10H2,1-3H3. The van der Waals surface area contributed by atoms with Gasteiger partial charge in [-0.15, -0.1) is 0 Å². The third-order valence-electron chi connectivity index (χ3n) is 3.83. The van der Waals surface area contributed by atoms with E-state index in [0.717, 1.165) is 17.0 Å². The molecule has 0 aliphatic heterocycles. The summed E-state index contributed by atoms with van der Waals surface area (Å²) >= 11 is 6.40. The Balaban J connectivity index is 2.02. The van der Waals surface area contributed by atoms with E-state index in [1.54, 1.807) is 4.68 Å². The summed E-state index contributed by atoms with van der Waals surface area (Å²) in [5, 5.41) is 4.86. The Morgan fingerprint density at radius 2 is 2.00 bits per heavy atom. The second-order valence-corrected chi connectivity index (χ2v) is 6.01. The fourth-order valence-electron chi connectivity index (χ4n) is 2.63. The Morgan fingerprint density at radius 3 is 2.71 bits per heavy atom. The molecule has 2 heterocycles. The van der Waals surface area contributed by atoms with Gasteiger partial charge < -0.3 is 9.72 Å². The smallest absolute Gasteiger partial charge is 0.327 e. The van der Waals surface area contributed by atoms with Gasteiger partial charge in [-0.1, -0.05) is 35.4 Å².